The van der Waals surface area contributed by atoms with Crippen molar-refractivity contribution in [1.29, 1.82) is 0 Å². The molecule has 0 saturated carbocycles. The average Bonchev–Trinajstić information content (AvgIpc) is 2.87. The van der Waals surface area contributed by atoms with E-state index in [-0.39, 0.29) is 0 Å². The molecule has 5 heteroatoms. The van der Waals surface area contributed by atoms with E-state index >= 15 is 0 Å². The quantitative estimate of drug-likeness (QED) is 0.890. The minimum atomic E-state index is 0.837. The highest BCUT2D eigenvalue weighted by Gasteiger charge is 2.01. The number of aromatic nitrogens is 2. The zero-order chi connectivity index (χ0) is 11.4. The lowest BCUT2D eigenvalue weighted by Gasteiger charge is -2.05. The van der Waals surface area contributed by atoms with Crippen molar-refractivity contribution in [1.82, 2.24) is 15.1 Å². The molecule has 0 spiro atoms. The van der Waals surface area contributed by atoms with Crippen LogP contribution in [0.15, 0.2) is 24.4 Å². The summed E-state index contributed by atoms with van der Waals surface area (Å²) in [6.07, 6.45) is 1.84. The summed E-state index contributed by atoms with van der Waals surface area (Å²) in [5.41, 5.74) is 1.21. The van der Waals surface area contributed by atoms with Gasteiger partial charge in [-0.3, -0.25) is 4.68 Å². The zero-order valence-corrected chi connectivity index (χ0v) is 10.7. The van der Waals surface area contributed by atoms with Crippen LogP contribution < -0.4 is 5.32 Å². The second-order valence-corrected chi connectivity index (χ2v) is 5.25. The first-order valence-corrected chi connectivity index (χ1v) is 6.44. The molecule has 2 aromatic rings. The highest BCUT2D eigenvalue weighted by atomic mass is 35.5. The number of aryl methyl sites for hydroxylation is 1. The normalized spacial score (nSPS) is 10.9. The summed E-state index contributed by atoms with van der Waals surface area (Å²) in [6, 6.07) is 6.02. The van der Waals surface area contributed by atoms with Gasteiger partial charge in [0.25, 0.3) is 0 Å². The van der Waals surface area contributed by atoms with Gasteiger partial charge in [0.05, 0.1) is 10.0 Å². The number of nitrogens with one attached hydrogen (secondary N) is 1. The van der Waals surface area contributed by atoms with Crippen LogP contribution in [0.5, 0.6) is 0 Å². The maximum Gasteiger partial charge on any atom is 0.0931 e. The Morgan fingerprint density at radius 1 is 1.38 bits per heavy atom. The van der Waals surface area contributed by atoms with Crippen LogP contribution in [0.1, 0.15) is 17.5 Å². The van der Waals surface area contributed by atoms with Crippen molar-refractivity contribution in [2.24, 2.45) is 0 Å². The van der Waals surface area contributed by atoms with E-state index in [1.807, 2.05) is 23.0 Å². The Morgan fingerprint density at radius 3 is 2.94 bits per heavy atom. The van der Waals surface area contributed by atoms with E-state index in [0.717, 1.165) is 24.0 Å². The molecule has 0 unspecified atom stereocenters. The first-order valence-electron chi connectivity index (χ1n) is 5.25. The van der Waals surface area contributed by atoms with Crippen LogP contribution in [0.2, 0.25) is 4.34 Å². The van der Waals surface area contributed by atoms with Crippen molar-refractivity contribution in [3.05, 3.63) is 39.3 Å². The summed E-state index contributed by atoms with van der Waals surface area (Å²) in [4.78, 5) is 1.26. The number of hydrogen-bond acceptors (Lipinski definition) is 3. The Kier molecular flexibility index (Phi) is 3.98. The van der Waals surface area contributed by atoms with Crippen molar-refractivity contribution < 1.29 is 0 Å². The molecular weight excluding hydrogens is 242 g/mol. The third-order valence-electron chi connectivity index (χ3n) is 2.34. The predicted molar refractivity (Wildman–Crippen MR) is 67.8 cm³/mol. The van der Waals surface area contributed by atoms with Crippen LogP contribution in [0.3, 0.4) is 0 Å². The lowest BCUT2D eigenvalue weighted by molar-refractivity contribution is 0.583. The molecule has 0 aliphatic heterocycles. The van der Waals surface area contributed by atoms with Gasteiger partial charge in [-0.2, -0.15) is 5.10 Å². The van der Waals surface area contributed by atoms with Crippen molar-refractivity contribution >= 4 is 22.9 Å². The monoisotopic (exact) mass is 255 g/mol. The molecule has 0 atom stereocenters. The van der Waals surface area contributed by atoms with Gasteiger partial charge in [0.2, 0.25) is 0 Å². The van der Waals surface area contributed by atoms with Crippen molar-refractivity contribution in [3.63, 3.8) is 0 Å². The van der Waals surface area contributed by atoms with Gasteiger partial charge in [-0.1, -0.05) is 11.6 Å². The minimum absolute atomic E-state index is 0.837. The second kappa shape index (κ2) is 5.48. The summed E-state index contributed by atoms with van der Waals surface area (Å²) < 4.78 is 2.84. The van der Waals surface area contributed by atoms with Crippen LogP contribution in [0, 0.1) is 0 Å². The van der Waals surface area contributed by atoms with E-state index in [0.29, 0.717) is 0 Å². The van der Waals surface area contributed by atoms with Crippen molar-refractivity contribution in [3.8, 4) is 0 Å². The van der Waals surface area contributed by atoms with Crippen LogP contribution >= 0.6 is 22.9 Å². The SMILES string of the molecule is CCn1nccc1CNCc1ccc(Cl)s1. The fraction of sp³-hybridized carbons (Fsp3) is 0.364. The standard InChI is InChI=1S/C11H14ClN3S/c1-2-15-9(5-6-14-15)7-13-8-10-3-4-11(12)16-10/h3-6,13H,2,7-8H2,1H3. The molecule has 0 fully saturated rings. The fourth-order valence-corrected chi connectivity index (χ4v) is 2.61. The summed E-state index contributed by atoms with van der Waals surface area (Å²) >= 11 is 7.48. The third kappa shape index (κ3) is 2.84. The zero-order valence-electron chi connectivity index (χ0n) is 9.11. The molecule has 3 nitrogen and oxygen atoms in total. The molecule has 0 amide bonds. The van der Waals surface area contributed by atoms with Crippen LogP contribution in [-0.4, -0.2) is 9.78 Å². The average molecular weight is 256 g/mol. The minimum Gasteiger partial charge on any atom is -0.306 e. The van der Waals surface area contributed by atoms with E-state index in [1.165, 1.54) is 10.6 Å². The largest absolute Gasteiger partial charge is 0.306 e. The maximum atomic E-state index is 5.86. The molecule has 1 N–H and O–H groups in total. The Bertz CT molecular complexity index is 450. The Labute approximate surface area is 104 Å². The van der Waals surface area contributed by atoms with Gasteiger partial charge in [0, 0.05) is 30.7 Å². The molecule has 0 bridgehead atoms. The van der Waals surface area contributed by atoms with Gasteiger partial charge in [0.15, 0.2) is 0 Å². The van der Waals surface area contributed by atoms with Gasteiger partial charge in [0.1, 0.15) is 0 Å². The van der Waals surface area contributed by atoms with Crippen LogP contribution in [0.25, 0.3) is 0 Å². The summed E-state index contributed by atoms with van der Waals surface area (Å²) in [6.45, 7) is 4.69. The number of rotatable bonds is 5. The molecule has 0 radical (unpaired) electrons. The van der Waals surface area contributed by atoms with Crippen LogP contribution in [0.4, 0.5) is 0 Å². The maximum absolute atomic E-state index is 5.86. The van der Waals surface area contributed by atoms with E-state index < -0.39 is 0 Å². The molecule has 0 aromatic carbocycles. The molecule has 0 aliphatic rings. The third-order valence-corrected chi connectivity index (χ3v) is 3.57. The highest BCUT2D eigenvalue weighted by molar-refractivity contribution is 7.16. The summed E-state index contributed by atoms with van der Waals surface area (Å²) in [5, 5.41) is 7.61. The smallest absolute Gasteiger partial charge is 0.0931 e. The van der Waals surface area contributed by atoms with Gasteiger partial charge in [-0.25, -0.2) is 0 Å². The van der Waals surface area contributed by atoms with Gasteiger partial charge in [-0.15, -0.1) is 11.3 Å². The molecule has 2 aromatic heterocycles. The molecule has 2 heterocycles. The predicted octanol–water partition coefficient (Wildman–Crippen LogP) is 2.91. The van der Waals surface area contributed by atoms with Gasteiger partial charge in [-0.05, 0) is 25.1 Å². The summed E-state index contributed by atoms with van der Waals surface area (Å²) in [7, 11) is 0. The first-order chi connectivity index (χ1) is 7.79. The van der Waals surface area contributed by atoms with Gasteiger partial charge < -0.3 is 5.32 Å². The van der Waals surface area contributed by atoms with E-state index in [4.69, 9.17) is 11.6 Å². The van der Waals surface area contributed by atoms with Gasteiger partial charge >= 0.3 is 0 Å². The van der Waals surface area contributed by atoms with Crippen molar-refractivity contribution in [2.75, 3.05) is 0 Å². The molecular formula is C11H14ClN3S. The molecule has 86 valence electrons. The van der Waals surface area contributed by atoms with Crippen molar-refractivity contribution in [2.45, 2.75) is 26.6 Å². The topological polar surface area (TPSA) is 29.9 Å². The summed E-state index contributed by atoms with van der Waals surface area (Å²) in [5.74, 6) is 0. The lowest BCUT2D eigenvalue weighted by atomic mass is 10.4. The molecule has 0 saturated heterocycles. The fourth-order valence-electron chi connectivity index (χ4n) is 1.56. The Morgan fingerprint density at radius 2 is 2.25 bits per heavy atom. The number of halogens is 1. The molecule has 16 heavy (non-hydrogen) atoms. The van der Waals surface area contributed by atoms with E-state index in [9.17, 15) is 0 Å². The van der Waals surface area contributed by atoms with Crippen LogP contribution in [-0.2, 0) is 19.6 Å². The first kappa shape index (κ1) is 11.6. The number of hydrogen-bond donors (Lipinski definition) is 1. The Balaban J connectivity index is 1.84. The lowest BCUT2D eigenvalue weighted by Crippen LogP contribution is -2.15. The number of thiophene rings is 1. The highest BCUT2D eigenvalue weighted by Crippen LogP contribution is 2.21. The molecule has 0 aliphatic carbocycles. The Hall–Kier alpha value is -0.840. The second-order valence-electron chi connectivity index (χ2n) is 3.45. The van der Waals surface area contributed by atoms with E-state index in [1.54, 1.807) is 11.3 Å². The molecule has 2 rings (SSSR count). The van der Waals surface area contributed by atoms with E-state index in [2.05, 4.69) is 23.4 Å². The number of nitrogens with zero attached hydrogens (tertiary/aromatic N) is 2.